The summed E-state index contributed by atoms with van der Waals surface area (Å²) >= 11 is 12.0. The SMILES string of the molecule is N#Cc1ccc(NC(=O)CCNCCc2ccc(Cl)cc2Cl)cc1. The Morgan fingerprint density at radius 1 is 1.08 bits per heavy atom. The molecule has 0 aliphatic carbocycles. The number of hydrogen-bond acceptors (Lipinski definition) is 3. The summed E-state index contributed by atoms with van der Waals surface area (Å²) in [6.45, 7) is 1.30. The molecule has 0 aliphatic rings. The van der Waals surface area contributed by atoms with Crippen LogP contribution in [0.1, 0.15) is 17.5 Å². The van der Waals surface area contributed by atoms with E-state index in [4.69, 9.17) is 28.5 Å². The number of benzene rings is 2. The zero-order valence-electron chi connectivity index (χ0n) is 13.0. The van der Waals surface area contributed by atoms with E-state index in [0.717, 1.165) is 18.5 Å². The van der Waals surface area contributed by atoms with Gasteiger partial charge < -0.3 is 10.6 Å². The predicted molar refractivity (Wildman–Crippen MR) is 97.4 cm³/mol. The Morgan fingerprint density at radius 3 is 2.50 bits per heavy atom. The van der Waals surface area contributed by atoms with Gasteiger partial charge in [0.2, 0.25) is 5.91 Å². The molecule has 2 aromatic carbocycles. The Morgan fingerprint density at radius 2 is 1.83 bits per heavy atom. The van der Waals surface area contributed by atoms with E-state index in [1.165, 1.54) is 0 Å². The topological polar surface area (TPSA) is 64.9 Å². The van der Waals surface area contributed by atoms with Crippen LogP contribution in [0.3, 0.4) is 0 Å². The van der Waals surface area contributed by atoms with Gasteiger partial charge in [-0.25, -0.2) is 0 Å². The average Bonchev–Trinajstić information content (AvgIpc) is 2.57. The zero-order chi connectivity index (χ0) is 17.4. The molecule has 24 heavy (non-hydrogen) atoms. The molecule has 0 bridgehead atoms. The number of halogens is 2. The van der Waals surface area contributed by atoms with Crippen LogP contribution in [0.15, 0.2) is 42.5 Å². The molecule has 4 nitrogen and oxygen atoms in total. The molecular formula is C18H17Cl2N3O. The molecule has 2 rings (SSSR count). The first-order valence-electron chi connectivity index (χ1n) is 7.53. The Bertz CT molecular complexity index is 739. The molecule has 0 fully saturated rings. The Hall–Kier alpha value is -2.06. The third-order valence-electron chi connectivity index (χ3n) is 3.41. The van der Waals surface area contributed by atoms with Gasteiger partial charge >= 0.3 is 0 Å². The summed E-state index contributed by atoms with van der Waals surface area (Å²) in [6, 6.07) is 14.3. The minimum Gasteiger partial charge on any atom is -0.326 e. The summed E-state index contributed by atoms with van der Waals surface area (Å²) in [4.78, 5) is 11.8. The summed E-state index contributed by atoms with van der Waals surface area (Å²) in [7, 11) is 0. The molecule has 0 heterocycles. The van der Waals surface area contributed by atoms with Gasteiger partial charge in [0.25, 0.3) is 0 Å². The number of carbonyl (C=O) groups is 1. The Labute approximate surface area is 151 Å². The molecule has 1 amide bonds. The van der Waals surface area contributed by atoms with Gasteiger partial charge in [0, 0.05) is 28.7 Å². The number of hydrogen-bond donors (Lipinski definition) is 2. The first-order chi connectivity index (χ1) is 11.6. The van der Waals surface area contributed by atoms with Crippen molar-refractivity contribution in [1.82, 2.24) is 5.32 Å². The average molecular weight is 362 g/mol. The first-order valence-corrected chi connectivity index (χ1v) is 8.29. The number of amides is 1. The minimum atomic E-state index is -0.0725. The number of carbonyl (C=O) groups excluding carboxylic acids is 1. The number of nitrogens with zero attached hydrogens (tertiary/aromatic N) is 1. The van der Waals surface area contributed by atoms with Gasteiger partial charge in [0.05, 0.1) is 11.6 Å². The van der Waals surface area contributed by atoms with Crippen LogP contribution in [-0.2, 0) is 11.2 Å². The maximum atomic E-state index is 11.8. The summed E-state index contributed by atoms with van der Waals surface area (Å²) in [5.41, 5.74) is 2.28. The van der Waals surface area contributed by atoms with Crippen molar-refractivity contribution in [3.05, 3.63) is 63.6 Å². The summed E-state index contributed by atoms with van der Waals surface area (Å²) in [6.07, 6.45) is 1.14. The van der Waals surface area contributed by atoms with Gasteiger partial charge in [0.15, 0.2) is 0 Å². The summed E-state index contributed by atoms with van der Waals surface area (Å²) < 4.78 is 0. The molecule has 0 saturated carbocycles. The second kappa shape index (κ2) is 9.29. The number of nitriles is 1. The van der Waals surface area contributed by atoms with Crippen LogP contribution in [0.2, 0.25) is 10.0 Å². The van der Waals surface area contributed by atoms with Crippen molar-refractivity contribution >= 4 is 34.8 Å². The lowest BCUT2D eigenvalue weighted by molar-refractivity contribution is -0.116. The van der Waals surface area contributed by atoms with Gasteiger partial charge in [-0.1, -0.05) is 29.3 Å². The molecule has 0 radical (unpaired) electrons. The van der Waals surface area contributed by atoms with Crippen molar-refractivity contribution in [3.63, 3.8) is 0 Å². The van der Waals surface area contributed by atoms with Crippen molar-refractivity contribution in [3.8, 4) is 6.07 Å². The van der Waals surface area contributed by atoms with E-state index in [0.29, 0.717) is 34.3 Å². The molecule has 0 spiro atoms. The fourth-order valence-electron chi connectivity index (χ4n) is 2.13. The highest BCUT2D eigenvalue weighted by Crippen LogP contribution is 2.21. The van der Waals surface area contributed by atoms with Gasteiger partial charge in [0.1, 0.15) is 0 Å². The van der Waals surface area contributed by atoms with Gasteiger partial charge in [-0.2, -0.15) is 5.26 Å². The third kappa shape index (κ3) is 5.86. The van der Waals surface area contributed by atoms with E-state index in [1.807, 2.05) is 18.2 Å². The molecule has 0 saturated heterocycles. The maximum Gasteiger partial charge on any atom is 0.225 e. The first kappa shape index (κ1) is 18.3. The van der Waals surface area contributed by atoms with Crippen LogP contribution in [-0.4, -0.2) is 19.0 Å². The van der Waals surface area contributed by atoms with Crippen molar-refractivity contribution in [2.24, 2.45) is 0 Å². The van der Waals surface area contributed by atoms with Crippen molar-refractivity contribution < 1.29 is 4.79 Å². The van der Waals surface area contributed by atoms with Crippen LogP contribution in [0.25, 0.3) is 0 Å². The quantitative estimate of drug-likeness (QED) is 0.731. The lowest BCUT2D eigenvalue weighted by atomic mass is 10.1. The summed E-state index contributed by atoms with van der Waals surface area (Å²) in [5.74, 6) is -0.0725. The molecule has 0 unspecified atom stereocenters. The highest BCUT2D eigenvalue weighted by Gasteiger charge is 2.04. The standard InChI is InChI=1S/C18H17Cl2N3O/c19-15-4-3-14(17(20)11-15)7-9-22-10-8-18(24)23-16-5-1-13(12-21)2-6-16/h1-6,11,22H,7-10H2,(H,23,24). The molecule has 2 N–H and O–H groups in total. The van der Waals surface area contributed by atoms with Crippen molar-refractivity contribution in [2.75, 3.05) is 18.4 Å². The van der Waals surface area contributed by atoms with Crippen molar-refractivity contribution in [2.45, 2.75) is 12.8 Å². The number of nitrogens with one attached hydrogen (secondary N) is 2. The highest BCUT2D eigenvalue weighted by molar-refractivity contribution is 6.35. The molecule has 0 aliphatic heterocycles. The van der Waals surface area contributed by atoms with E-state index in [1.54, 1.807) is 30.3 Å². The number of rotatable bonds is 7. The fraction of sp³-hybridized carbons (Fsp3) is 0.222. The predicted octanol–water partition coefficient (Wildman–Crippen LogP) is 4.03. The van der Waals surface area contributed by atoms with E-state index in [-0.39, 0.29) is 5.91 Å². The monoisotopic (exact) mass is 361 g/mol. The van der Waals surface area contributed by atoms with Gasteiger partial charge in [-0.15, -0.1) is 0 Å². The molecule has 6 heteroatoms. The normalized spacial score (nSPS) is 10.2. The van der Waals surface area contributed by atoms with E-state index < -0.39 is 0 Å². The van der Waals surface area contributed by atoms with Gasteiger partial charge in [-0.3, -0.25) is 4.79 Å². The molecule has 0 atom stereocenters. The molecule has 0 aromatic heterocycles. The Kier molecular flexibility index (Phi) is 7.07. The highest BCUT2D eigenvalue weighted by atomic mass is 35.5. The molecular weight excluding hydrogens is 345 g/mol. The second-order valence-corrected chi connectivity index (χ2v) is 6.07. The van der Waals surface area contributed by atoms with Crippen LogP contribution < -0.4 is 10.6 Å². The smallest absolute Gasteiger partial charge is 0.225 e. The number of anilines is 1. The van der Waals surface area contributed by atoms with Crippen LogP contribution in [0.4, 0.5) is 5.69 Å². The Balaban J connectivity index is 1.66. The lowest BCUT2D eigenvalue weighted by Crippen LogP contribution is -2.23. The van der Waals surface area contributed by atoms with Crippen molar-refractivity contribution in [1.29, 1.82) is 5.26 Å². The third-order valence-corrected chi connectivity index (χ3v) is 4.00. The molecule has 124 valence electrons. The summed E-state index contributed by atoms with van der Waals surface area (Å²) in [5, 5.41) is 16.0. The van der Waals surface area contributed by atoms with E-state index in [9.17, 15) is 4.79 Å². The minimum absolute atomic E-state index is 0.0725. The maximum absolute atomic E-state index is 11.8. The molecule has 2 aromatic rings. The van der Waals surface area contributed by atoms with Crippen LogP contribution >= 0.6 is 23.2 Å². The zero-order valence-corrected chi connectivity index (χ0v) is 14.5. The lowest BCUT2D eigenvalue weighted by Gasteiger charge is -2.08. The second-order valence-electron chi connectivity index (χ2n) is 5.22. The van der Waals surface area contributed by atoms with E-state index in [2.05, 4.69) is 10.6 Å². The van der Waals surface area contributed by atoms with E-state index >= 15 is 0 Å². The fourth-order valence-corrected chi connectivity index (χ4v) is 2.63. The van der Waals surface area contributed by atoms with Gasteiger partial charge in [-0.05, 0) is 54.9 Å². The van der Waals surface area contributed by atoms with Crippen LogP contribution in [0, 0.1) is 11.3 Å². The van der Waals surface area contributed by atoms with Crippen LogP contribution in [0.5, 0.6) is 0 Å². The largest absolute Gasteiger partial charge is 0.326 e.